The lowest BCUT2D eigenvalue weighted by Crippen LogP contribution is -2.16. The molecule has 6 nitrogen and oxygen atoms in total. The molecule has 2 aromatic carbocycles. The van der Waals surface area contributed by atoms with Crippen LogP contribution in [0.2, 0.25) is 0 Å². The Kier molecular flexibility index (Phi) is 7.39. The number of hydrogen-bond donors (Lipinski definition) is 2. The van der Waals surface area contributed by atoms with Crippen molar-refractivity contribution in [2.45, 2.75) is 37.1 Å². The minimum Gasteiger partial charge on any atom is -0.354 e. The second-order valence-electron chi connectivity index (χ2n) is 8.80. The fraction of sp³-hybridized carbons (Fsp3) is 0.292. The zero-order valence-corrected chi connectivity index (χ0v) is 21.6. The molecule has 1 heterocycles. The lowest BCUT2D eigenvalue weighted by Gasteiger charge is -2.19. The van der Waals surface area contributed by atoms with Crippen molar-refractivity contribution in [3.63, 3.8) is 0 Å². The Morgan fingerprint density at radius 1 is 0.943 bits per heavy atom. The smallest absolute Gasteiger partial charge is 0.354 e. The van der Waals surface area contributed by atoms with Crippen LogP contribution in [0.15, 0.2) is 59.6 Å². The average molecular weight is 526 g/mol. The number of pyridine rings is 1. The van der Waals surface area contributed by atoms with Crippen LogP contribution in [0.5, 0.6) is 0 Å². The number of sulfone groups is 1. The first-order valence-electron chi connectivity index (χ1n) is 10.7. The van der Waals surface area contributed by atoms with Gasteiger partial charge in [0.15, 0.2) is 9.84 Å². The molecule has 1 aromatic heterocycles. The highest BCUT2D eigenvalue weighted by atomic mass is 32.2. The third-order valence-corrected chi connectivity index (χ3v) is 9.12. The summed E-state index contributed by atoms with van der Waals surface area (Å²) in [5.41, 5.74) is -0.0164. The molecular formula is C24H27F3N3O3PS. The molecule has 3 aromatic rings. The van der Waals surface area contributed by atoms with Crippen molar-refractivity contribution in [1.29, 1.82) is 0 Å². The number of rotatable bonds is 7. The standard InChI is InChI=1S/C24H27F3N3O3PS/c1-15(2)35(32,33)22-9-7-6-8-20(22)29-21-13-23(28-14-18(21)24(25,26)27)30-19-11-10-17(12-16(19)3)34(4,5)31/h6-15H,1-5H3,(H2,28,29,30). The van der Waals surface area contributed by atoms with Crippen LogP contribution >= 0.6 is 7.14 Å². The number of nitrogens with zero attached hydrogens (tertiary/aromatic N) is 1. The average Bonchev–Trinajstić information content (AvgIpc) is 2.74. The summed E-state index contributed by atoms with van der Waals surface area (Å²) in [4.78, 5) is 3.82. The molecule has 0 spiro atoms. The molecule has 11 heteroatoms. The molecule has 0 radical (unpaired) electrons. The largest absolute Gasteiger partial charge is 0.419 e. The molecule has 35 heavy (non-hydrogen) atoms. The minimum atomic E-state index is -4.72. The third kappa shape index (κ3) is 6.05. The van der Waals surface area contributed by atoms with E-state index in [4.69, 9.17) is 0 Å². The topological polar surface area (TPSA) is 88.2 Å². The molecule has 0 aliphatic heterocycles. The third-order valence-electron chi connectivity index (χ3n) is 5.39. The second kappa shape index (κ2) is 9.66. The first-order valence-corrected chi connectivity index (χ1v) is 14.9. The van der Waals surface area contributed by atoms with Crippen LogP contribution in [0, 0.1) is 6.92 Å². The van der Waals surface area contributed by atoms with Gasteiger partial charge in [0.25, 0.3) is 0 Å². The Bertz CT molecular complexity index is 1400. The van der Waals surface area contributed by atoms with Gasteiger partial charge in [-0.2, -0.15) is 13.2 Å². The summed E-state index contributed by atoms with van der Waals surface area (Å²) in [6.45, 7) is 8.11. The maximum absolute atomic E-state index is 13.7. The molecular weight excluding hydrogens is 498 g/mol. The highest BCUT2D eigenvalue weighted by Crippen LogP contribution is 2.39. The Morgan fingerprint density at radius 2 is 1.60 bits per heavy atom. The minimum absolute atomic E-state index is 0.0334. The summed E-state index contributed by atoms with van der Waals surface area (Å²) in [6.07, 6.45) is -4.03. The van der Waals surface area contributed by atoms with Gasteiger partial charge in [0.1, 0.15) is 13.0 Å². The second-order valence-corrected chi connectivity index (χ2v) is 14.5. The van der Waals surface area contributed by atoms with E-state index in [1.807, 2.05) is 0 Å². The number of alkyl halides is 3. The lowest BCUT2D eigenvalue weighted by atomic mass is 10.2. The van der Waals surface area contributed by atoms with E-state index in [-0.39, 0.29) is 22.1 Å². The van der Waals surface area contributed by atoms with Gasteiger partial charge in [-0.15, -0.1) is 0 Å². The molecule has 3 rings (SSSR count). The van der Waals surface area contributed by atoms with Crippen molar-refractivity contribution < 1.29 is 26.2 Å². The molecule has 0 saturated heterocycles. The van der Waals surface area contributed by atoms with Crippen LogP contribution < -0.4 is 15.9 Å². The van der Waals surface area contributed by atoms with E-state index in [2.05, 4.69) is 15.6 Å². The number of aromatic nitrogens is 1. The van der Waals surface area contributed by atoms with Crippen LogP contribution in [0.4, 0.5) is 36.1 Å². The predicted molar refractivity (Wildman–Crippen MR) is 135 cm³/mol. The molecule has 0 amide bonds. The summed E-state index contributed by atoms with van der Waals surface area (Å²) in [6, 6.07) is 12.2. The number of anilines is 4. The van der Waals surface area contributed by atoms with Crippen molar-refractivity contribution in [3.8, 4) is 0 Å². The predicted octanol–water partition coefficient (Wildman–Crippen LogP) is 6.33. The zero-order valence-electron chi connectivity index (χ0n) is 19.9. The van der Waals surface area contributed by atoms with Gasteiger partial charge in [-0.05, 0) is 70.0 Å². The van der Waals surface area contributed by atoms with Crippen LogP contribution in [0.25, 0.3) is 0 Å². The Hall–Kier alpha value is -2.84. The van der Waals surface area contributed by atoms with E-state index in [0.717, 1.165) is 5.56 Å². The summed E-state index contributed by atoms with van der Waals surface area (Å²) in [5, 5.41) is 5.59. The van der Waals surface area contributed by atoms with Gasteiger partial charge in [-0.1, -0.05) is 12.1 Å². The molecule has 0 atom stereocenters. The van der Waals surface area contributed by atoms with Gasteiger partial charge in [-0.25, -0.2) is 13.4 Å². The van der Waals surface area contributed by atoms with Crippen LogP contribution in [0.3, 0.4) is 0 Å². The van der Waals surface area contributed by atoms with Gasteiger partial charge in [-0.3, -0.25) is 0 Å². The molecule has 0 saturated carbocycles. The van der Waals surface area contributed by atoms with E-state index in [9.17, 15) is 26.2 Å². The van der Waals surface area contributed by atoms with E-state index >= 15 is 0 Å². The molecule has 0 aliphatic carbocycles. The van der Waals surface area contributed by atoms with Crippen molar-refractivity contribution in [2.24, 2.45) is 0 Å². The van der Waals surface area contributed by atoms with Crippen LogP contribution in [-0.2, 0) is 20.6 Å². The van der Waals surface area contributed by atoms with Gasteiger partial charge in [0, 0.05) is 23.3 Å². The van der Waals surface area contributed by atoms with Crippen molar-refractivity contribution in [1.82, 2.24) is 4.98 Å². The maximum atomic E-state index is 13.7. The Balaban J connectivity index is 2.05. The molecule has 2 N–H and O–H groups in total. The van der Waals surface area contributed by atoms with Gasteiger partial charge in [0.05, 0.1) is 27.1 Å². The molecule has 0 bridgehead atoms. The number of para-hydroxylation sites is 1. The lowest BCUT2D eigenvalue weighted by molar-refractivity contribution is -0.137. The van der Waals surface area contributed by atoms with Crippen molar-refractivity contribution in [2.75, 3.05) is 24.0 Å². The fourth-order valence-electron chi connectivity index (χ4n) is 3.33. The number of halogens is 3. The molecule has 188 valence electrons. The summed E-state index contributed by atoms with van der Waals surface area (Å²) < 4.78 is 79.1. The van der Waals surface area contributed by atoms with E-state index < -0.39 is 34.0 Å². The SMILES string of the molecule is Cc1cc(P(C)(C)=O)ccc1Nc1cc(Nc2ccccc2S(=O)(=O)C(C)C)c(C(F)(F)F)cn1. The Labute approximate surface area is 203 Å². The number of benzene rings is 2. The van der Waals surface area contributed by atoms with Crippen LogP contribution in [0.1, 0.15) is 25.0 Å². The molecule has 0 aliphatic rings. The summed E-state index contributed by atoms with van der Waals surface area (Å²) >= 11 is 0. The first kappa shape index (κ1) is 26.8. The van der Waals surface area contributed by atoms with Gasteiger partial charge < -0.3 is 15.2 Å². The zero-order chi connectivity index (χ0) is 26.2. The van der Waals surface area contributed by atoms with Crippen LogP contribution in [-0.4, -0.2) is 32.0 Å². The summed E-state index contributed by atoms with van der Waals surface area (Å²) in [7, 11) is -6.23. The first-order chi connectivity index (χ1) is 16.1. The normalized spacial score (nSPS) is 12.6. The van der Waals surface area contributed by atoms with Crippen molar-refractivity contribution >= 4 is 45.2 Å². The monoisotopic (exact) mass is 525 g/mol. The highest BCUT2D eigenvalue weighted by molar-refractivity contribution is 7.92. The molecule has 0 unspecified atom stereocenters. The number of hydrogen-bond acceptors (Lipinski definition) is 6. The van der Waals surface area contributed by atoms with Gasteiger partial charge >= 0.3 is 6.18 Å². The van der Waals surface area contributed by atoms with Crippen molar-refractivity contribution in [3.05, 3.63) is 65.9 Å². The van der Waals surface area contributed by atoms with Gasteiger partial charge in [0.2, 0.25) is 0 Å². The maximum Gasteiger partial charge on any atom is 0.419 e. The fourth-order valence-corrected chi connectivity index (χ4v) is 5.47. The molecule has 0 fully saturated rings. The Morgan fingerprint density at radius 3 is 2.17 bits per heavy atom. The quantitative estimate of drug-likeness (QED) is 0.351. The summed E-state index contributed by atoms with van der Waals surface area (Å²) in [5.74, 6) is 0.122. The number of nitrogens with one attached hydrogen (secondary N) is 2. The van der Waals surface area contributed by atoms with E-state index in [0.29, 0.717) is 17.2 Å². The highest BCUT2D eigenvalue weighted by Gasteiger charge is 2.35. The van der Waals surface area contributed by atoms with E-state index in [1.54, 1.807) is 44.5 Å². The number of aryl methyl sites for hydroxylation is 1. The van der Waals surface area contributed by atoms with E-state index in [1.165, 1.54) is 38.1 Å².